The summed E-state index contributed by atoms with van der Waals surface area (Å²) in [5, 5.41) is 10.7. The van der Waals surface area contributed by atoms with Gasteiger partial charge in [0.15, 0.2) is 5.78 Å². The molecule has 0 amide bonds. The summed E-state index contributed by atoms with van der Waals surface area (Å²) in [4.78, 5) is 12.2. The Morgan fingerprint density at radius 1 is 1.38 bits per heavy atom. The number of aliphatic hydroxyl groups excluding tert-OH is 1. The maximum atomic E-state index is 12.2. The summed E-state index contributed by atoms with van der Waals surface area (Å²) >= 11 is 0. The molecule has 7 atom stereocenters. The molecular formula is C22H28O2. The fourth-order valence-corrected chi connectivity index (χ4v) is 6.43. The summed E-state index contributed by atoms with van der Waals surface area (Å²) in [6.07, 6.45) is 14.6. The van der Waals surface area contributed by atoms with Gasteiger partial charge in [0.1, 0.15) is 0 Å². The summed E-state index contributed by atoms with van der Waals surface area (Å²) < 4.78 is 0. The quantitative estimate of drug-likeness (QED) is 0.542. The summed E-state index contributed by atoms with van der Waals surface area (Å²) in [5.41, 5.74) is 2.76. The number of allylic oxidation sites excluding steroid dienone is 4. The predicted octanol–water partition coefficient (Wildman–Crippen LogP) is 3.90. The summed E-state index contributed by atoms with van der Waals surface area (Å²) in [6, 6.07) is 0. The third-order valence-corrected chi connectivity index (χ3v) is 7.88. The average molecular weight is 324 g/mol. The molecule has 0 aromatic carbocycles. The number of carbonyl (C=O) groups is 1. The van der Waals surface area contributed by atoms with Gasteiger partial charge in [-0.15, -0.1) is 6.42 Å². The average Bonchev–Trinajstić information content (AvgIpc) is 2.78. The second-order valence-corrected chi connectivity index (χ2v) is 9.11. The molecule has 1 N–H and O–H groups in total. The van der Waals surface area contributed by atoms with Crippen LogP contribution in [0.15, 0.2) is 23.3 Å². The number of terminal acetylenes is 1. The topological polar surface area (TPSA) is 37.3 Å². The van der Waals surface area contributed by atoms with Crippen LogP contribution in [0, 0.1) is 46.8 Å². The van der Waals surface area contributed by atoms with Gasteiger partial charge < -0.3 is 5.11 Å². The normalized spacial score (nSPS) is 50.1. The number of fused-ring (bicyclic) bond motifs is 5. The van der Waals surface area contributed by atoms with Crippen LogP contribution in [0.25, 0.3) is 0 Å². The molecule has 0 radical (unpaired) electrons. The van der Waals surface area contributed by atoms with Crippen molar-refractivity contribution < 1.29 is 9.90 Å². The van der Waals surface area contributed by atoms with Crippen LogP contribution in [0.5, 0.6) is 0 Å². The minimum absolute atomic E-state index is 0.0150. The highest BCUT2D eigenvalue weighted by Crippen LogP contribution is 2.64. The van der Waals surface area contributed by atoms with Crippen LogP contribution >= 0.6 is 0 Å². The van der Waals surface area contributed by atoms with Gasteiger partial charge in [0.2, 0.25) is 0 Å². The summed E-state index contributed by atoms with van der Waals surface area (Å²) in [6.45, 7) is 6.77. The smallest absolute Gasteiger partial charge is 0.170 e. The Balaban J connectivity index is 1.77. The van der Waals surface area contributed by atoms with Crippen LogP contribution < -0.4 is 0 Å². The van der Waals surface area contributed by atoms with Crippen molar-refractivity contribution >= 4 is 5.78 Å². The van der Waals surface area contributed by atoms with Crippen molar-refractivity contribution in [2.24, 2.45) is 34.5 Å². The Hall–Kier alpha value is -1.33. The van der Waals surface area contributed by atoms with E-state index in [4.69, 9.17) is 6.42 Å². The van der Waals surface area contributed by atoms with E-state index in [1.54, 1.807) is 0 Å². The largest absolute Gasteiger partial charge is 0.392 e. The van der Waals surface area contributed by atoms with Crippen molar-refractivity contribution in [3.05, 3.63) is 23.3 Å². The Morgan fingerprint density at radius 2 is 2.12 bits per heavy atom. The van der Waals surface area contributed by atoms with E-state index in [9.17, 15) is 9.90 Å². The van der Waals surface area contributed by atoms with Crippen molar-refractivity contribution in [1.82, 2.24) is 0 Å². The predicted molar refractivity (Wildman–Crippen MR) is 94.9 cm³/mol. The van der Waals surface area contributed by atoms with E-state index in [2.05, 4.69) is 32.8 Å². The standard InChI is InChI=1S/C22H28O2/c1-5-14-12-22(4)15(11-19(14)23)6-7-16-17(22)8-9-21(3)18(16)10-13(2)20(21)24/h1,8,11,13-14,16,18,20,24H,6-7,9-10,12H2,2-4H3/t13-,14?,16+,18-,20-,21-,22-/m0/s1. The van der Waals surface area contributed by atoms with Crippen LogP contribution in [-0.4, -0.2) is 17.0 Å². The van der Waals surface area contributed by atoms with Crippen molar-refractivity contribution in [1.29, 1.82) is 0 Å². The molecule has 0 saturated heterocycles. The molecule has 0 aromatic heterocycles. The van der Waals surface area contributed by atoms with Gasteiger partial charge in [-0.25, -0.2) is 0 Å². The Labute approximate surface area is 145 Å². The van der Waals surface area contributed by atoms with Gasteiger partial charge in [-0.05, 0) is 55.9 Å². The van der Waals surface area contributed by atoms with Crippen LogP contribution in [-0.2, 0) is 4.79 Å². The molecule has 4 aliphatic carbocycles. The highest BCUT2D eigenvalue weighted by atomic mass is 16.3. The number of rotatable bonds is 0. The maximum absolute atomic E-state index is 12.2. The molecule has 0 aliphatic heterocycles. The van der Waals surface area contributed by atoms with Gasteiger partial charge in [0, 0.05) is 10.8 Å². The minimum atomic E-state index is -0.278. The van der Waals surface area contributed by atoms with Gasteiger partial charge in [-0.1, -0.05) is 43.9 Å². The minimum Gasteiger partial charge on any atom is -0.392 e. The SMILES string of the molecule is C#CC1C[C@@]2(C)C(=CC1=O)CC[C@@H]1C2=CC[C@]2(C)[C@@H](O)[C@@H](C)C[C@@H]12. The van der Waals surface area contributed by atoms with Crippen molar-refractivity contribution in [2.45, 2.75) is 59.0 Å². The molecule has 0 aromatic rings. The number of hydrogen-bond acceptors (Lipinski definition) is 2. The van der Waals surface area contributed by atoms with Crippen LogP contribution in [0.4, 0.5) is 0 Å². The van der Waals surface area contributed by atoms with Crippen molar-refractivity contribution in [2.75, 3.05) is 0 Å². The van der Waals surface area contributed by atoms with Crippen LogP contribution in [0.2, 0.25) is 0 Å². The van der Waals surface area contributed by atoms with Crippen LogP contribution in [0.3, 0.4) is 0 Å². The van der Waals surface area contributed by atoms with Gasteiger partial charge in [0.05, 0.1) is 12.0 Å². The molecule has 0 bridgehead atoms. The van der Waals surface area contributed by atoms with E-state index in [1.807, 2.05) is 6.08 Å². The second kappa shape index (κ2) is 5.09. The highest BCUT2D eigenvalue weighted by molar-refractivity contribution is 5.96. The molecule has 0 spiro atoms. The zero-order chi connectivity index (χ0) is 17.3. The van der Waals surface area contributed by atoms with Crippen LogP contribution in [0.1, 0.15) is 52.9 Å². The third-order valence-electron chi connectivity index (χ3n) is 7.88. The van der Waals surface area contributed by atoms with E-state index >= 15 is 0 Å². The third kappa shape index (κ3) is 1.91. The lowest BCUT2D eigenvalue weighted by Crippen LogP contribution is -2.46. The highest BCUT2D eigenvalue weighted by Gasteiger charge is 2.58. The molecule has 0 heterocycles. The Kier molecular flexibility index (Phi) is 3.42. The molecule has 4 aliphatic rings. The lowest BCUT2D eigenvalue weighted by Gasteiger charge is -2.53. The van der Waals surface area contributed by atoms with E-state index < -0.39 is 0 Å². The van der Waals surface area contributed by atoms with E-state index in [0.29, 0.717) is 17.8 Å². The number of aliphatic hydroxyl groups is 1. The first-order valence-electron chi connectivity index (χ1n) is 9.41. The Bertz CT molecular complexity index is 693. The molecule has 4 rings (SSSR count). The van der Waals surface area contributed by atoms with E-state index in [1.165, 1.54) is 11.1 Å². The van der Waals surface area contributed by atoms with Gasteiger partial charge in [-0.2, -0.15) is 0 Å². The lowest BCUT2D eigenvalue weighted by molar-refractivity contribution is -0.118. The summed E-state index contributed by atoms with van der Waals surface area (Å²) in [7, 11) is 0. The van der Waals surface area contributed by atoms with E-state index in [0.717, 1.165) is 32.1 Å². The number of hydrogen-bond donors (Lipinski definition) is 1. The van der Waals surface area contributed by atoms with Crippen molar-refractivity contribution in [3.8, 4) is 12.3 Å². The molecule has 2 fully saturated rings. The first-order chi connectivity index (χ1) is 11.3. The summed E-state index contributed by atoms with van der Waals surface area (Å²) in [5.74, 6) is 4.03. The Morgan fingerprint density at radius 3 is 2.83 bits per heavy atom. The zero-order valence-electron chi connectivity index (χ0n) is 15.0. The van der Waals surface area contributed by atoms with Gasteiger partial charge in [-0.3, -0.25) is 4.79 Å². The first kappa shape index (κ1) is 16.2. The van der Waals surface area contributed by atoms with Gasteiger partial charge in [0.25, 0.3) is 0 Å². The molecule has 2 nitrogen and oxygen atoms in total. The number of ketones is 1. The first-order valence-corrected chi connectivity index (χ1v) is 9.41. The van der Waals surface area contributed by atoms with Gasteiger partial charge >= 0.3 is 0 Å². The number of carbonyl (C=O) groups excluding carboxylic acids is 1. The monoisotopic (exact) mass is 324 g/mol. The molecule has 24 heavy (non-hydrogen) atoms. The second-order valence-electron chi connectivity index (χ2n) is 9.11. The molecule has 1 unspecified atom stereocenters. The molecular weight excluding hydrogens is 296 g/mol. The van der Waals surface area contributed by atoms with E-state index in [-0.39, 0.29) is 28.6 Å². The fourth-order valence-electron chi connectivity index (χ4n) is 6.43. The maximum Gasteiger partial charge on any atom is 0.170 e. The molecule has 128 valence electrons. The zero-order valence-corrected chi connectivity index (χ0v) is 15.0. The molecule has 2 saturated carbocycles. The molecule has 2 heteroatoms. The fraction of sp³-hybridized carbons (Fsp3) is 0.682. The lowest BCUT2D eigenvalue weighted by atomic mass is 9.51. The van der Waals surface area contributed by atoms with Crippen molar-refractivity contribution in [3.63, 3.8) is 0 Å².